The molecule has 1 rings (SSSR count). The zero-order chi connectivity index (χ0) is 15.2. The van der Waals surface area contributed by atoms with Gasteiger partial charge in [0.25, 0.3) is 5.91 Å². The fraction of sp³-hybridized carbons (Fsp3) is 0.500. The maximum absolute atomic E-state index is 11.7. The third kappa shape index (κ3) is 4.97. The lowest BCUT2D eigenvalue weighted by Gasteiger charge is -2.25. The Kier molecular flexibility index (Phi) is 5.64. The molecule has 0 aromatic carbocycles. The number of aromatic nitrogens is 1. The van der Waals surface area contributed by atoms with Crippen molar-refractivity contribution in [2.24, 2.45) is 11.1 Å². The molecule has 0 aliphatic rings. The summed E-state index contributed by atoms with van der Waals surface area (Å²) in [7, 11) is 0. The van der Waals surface area contributed by atoms with E-state index >= 15 is 0 Å². The Morgan fingerprint density at radius 2 is 1.95 bits per heavy atom. The van der Waals surface area contributed by atoms with Crippen LogP contribution in [-0.2, 0) is 4.79 Å². The first-order valence-electron chi connectivity index (χ1n) is 6.54. The van der Waals surface area contributed by atoms with Gasteiger partial charge in [0.15, 0.2) is 0 Å². The first-order valence-corrected chi connectivity index (χ1v) is 6.54. The molecule has 0 spiro atoms. The molecule has 0 unspecified atom stereocenters. The van der Waals surface area contributed by atoms with Crippen molar-refractivity contribution in [3.05, 3.63) is 30.1 Å². The number of nitrogens with zero attached hydrogens (tertiary/aromatic N) is 1. The molecule has 0 saturated carbocycles. The molecule has 0 aliphatic carbocycles. The molecule has 1 aromatic heterocycles. The van der Waals surface area contributed by atoms with Gasteiger partial charge >= 0.3 is 0 Å². The van der Waals surface area contributed by atoms with Gasteiger partial charge in [-0.05, 0) is 17.5 Å². The van der Waals surface area contributed by atoms with Crippen LogP contribution in [0.2, 0.25) is 0 Å². The Morgan fingerprint density at radius 1 is 1.30 bits per heavy atom. The molecule has 1 heterocycles. The van der Waals surface area contributed by atoms with Crippen molar-refractivity contribution in [2.75, 3.05) is 13.1 Å². The van der Waals surface area contributed by atoms with Crippen molar-refractivity contribution in [1.82, 2.24) is 15.6 Å². The highest BCUT2D eigenvalue weighted by molar-refractivity contribution is 5.93. The molecule has 1 atom stereocenters. The normalized spacial score (nSPS) is 12.6. The van der Waals surface area contributed by atoms with Crippen LogP contribution in [0.15, 0.2) is 24.5 Å². The van der Waals surface area contributed by atoms with Crippen molar-refractivity contribution in [1.29, 1.82) is 0 Å². The van der Waals surface area contributed by atoms with Crippen molar-refractivity contribution in [2.45, 2.75) is 26.8 Å². The smallest absolute Gasteiger partial charge is 0.252 e. The largest absolute Gasteiger partial charge is 0.353 e. The van der Waals surface area contributed by atoms with Crippen molar-refractivity contribution < 1.29 is 9.59 Å². The average molecular weight is 278 g/mol. The summed E-state index contributed by atoms with van der Waals surface area (Å²) in [5.41, 5.74) is 6.02. The Labute approximate surface area is 119 Å². The Balaban J connectivity index is 2.29. The number of hydrogen-bond donors (Lipinski definition) is 3. The van der Waals surface area contributed by atoms with E-state index < -0.39 is 6.04 Å². The topological polar surface area (TPSA) is 97.1 Å². The van der Waals surface area contributed by atoms with Crippen LogP contribution in [-0.4, -0.2) is 35.9 Å². The number of amides is 2. The lowest BCUT2D eigenvalue weighted by Crippen LogP contribution is -2.49. The molecule has 1 aromatic rings. The fourth-order valence-electron chi connectivity index (χ4n) is 1.46. The second-order valence-corrected chi connectivity index (χ2v) is 5.63. The zero-order valence-electron chi connectivity index (χ0n) is 12.1. The third-order valence-corrected chi connectivity index (χ3v) is 2.85. The van der Waals surface area contributed by atoms with E-state index in [2.05, 4.69) is 15.6 Å². The summed E-state index contributed by atoms with van der Waals surface area (Å²) in [6.07, 6.45) is 3.09. The molecule has 2 amide bonds. The molecule has 6 nitrogen and oxygen atoms in total. The molecule has 0 bridgehead atoms. The standard InChI is InChI=1S/C14H22N4O2/c1-14(2,3)11(15)13(20)18-8-7-17-12(19)10-5-4-6-16-9-10/h4-6,9,11H,7-8,15H2,1-3H3,(H,17,19)(H,18,20)/t11-/m1/s1. The van der Waals surface area contributed by atoms with Crippen molar-refractivity contribution in [3.8, 4) is 0 Å². The monoisotopic (exact) mass is 278 g/mol. The molecule has 0 radical (unpaired) electrons. The number of carbonyl (C=O) groups excluding carboxylic acids is 2. The number of nitrogens with two attached hydrogens (primary N) is 1. The van der Waals surface area contributed by atoms with Gasteiger partial charge in [-0.15, -0.1) is 0 Å². The minimum absolute atomic E-state index is 0.215. The summed E-state index contributed by atoms with van der Waals surface area (Å²) in [5.74, 6) is -0.430. The number of pyridine rings is 1. The molecule has 0 fully saturated rings. The van der Waals surface area contributed by atoms with E-state index in [1.54, 1.807) is 18.3 Å². The van der Waals surface area contributed by atoms with E-state index in [9.17, 15) is 9.59 Å². The van der Waals surface area contributed by atoms with E-state index in [1.165, 1.54) is 6.20 Å². The highest BCUT2D eigenvalue weighted by Crippen LogP contribution is 2.16. The molecule has 110 valence electrons. The summed E-state index contributed by atoms with van der Waals surface area (Å²) < 4.78 is 0. The average Bonchev–Trinajstić information content (AvgIpc) is 2.42. The molecule has 20 heavy (non-hydrogen) atoms. The van der Waals surface area contributed by atoms with Gasteiger partial charge in [-0.25, -0.2) is 0 Å². The predicted octanol–water partition coefficient (Wildman–Crippen LogP) is 0.301. The van der Waals surface area contributed by atoms with Crippen LogP contribution in [0.5, 0.6) is 0 Å². The number of nitrogens with one attached hydrogen (secondary N) is 2. The van der Waals surface area contributed by atoms with Gasteiger partial charge < -0.3 is 16.4 Å². The molecular weight excluding hydrogens is 256 g/mol. The van der Waals surface area contributed by atoms with Crippen LogP contribution >= 0.6 is 0 Å². The number of rotatable bonds is 5. The quantitative estimate of drug-likeness (QED) is 0.675. The van der Waals surface area contributed by atoms with Gasteiger partial charge in [0, 0.05) is 25.5 Å². The minimum atomic E-state index is -0.573. The molecule has 6 heteroatoms. The minimum Gasteiger partial charge on any atom is -0.353 e. The first kappa shape index (κ1) is 16.1. The number of hydrogen-bond acceptors (Lipinski definition) is 4. The summed E-state index contributed by atoms with van der Waals surface area (Å²) in [6, 6.07) is 2.80. The van der Waals surface area contributed by atoms with E-state index in [-0.39, 0.29) is 17.2 Å². The van der Waals surface area contributed by atoms with E-state index in [0.29, 0.717) is 18.7 Å². The van der Waals surface area contributed by atoms with Crippen LogP contribution in [0, 0.1) is 5.41 Å². The van der Waals surface area contributed by atoms with Crippen molar-refractivity contribution in [3.63, 3.8) is 0 Å². The van der Waals surface area contributed by atoms with Gasteiger partial charge in [-0.3, -0.25) is 14.6 Å². The summed E-state index contributed by atoms with van der Waals surface area (Å²) >= 11 is 0. The Morgan fingerprint density at radius 3 is 2.50 bits per heavy atom. The maximum atomic E-state index is 11.7. The van der Waals surface area contributed by atoms with Crippen LogP contribution < -0.4 is 16.4 Å². The van der Waals surface area contributed by atoms with E-state index in [4.69, 9.17) is 5.73 Å². The Bertz CT molecular complexity index is 454. The maximum Gasteiger partial charge on any atom is 0.252 e. The van der Waals surface area contributed by atoms with Gasteiger partial charge in [-0.2, -0.15) is 0 Å². The van der Waals surface area contributed by atoms with Gasteiger partial charge in [0.1, 0.15) is 0 Å². The van der Waals surface area contributed by atoms with Gasteiger partial charge in [0.05, 0.1) is 11.6 Å². The van der Waals surface area contributed by atoms with Crippen LogP contribution in [0.25, 0.3) is 0 Å². The lowest BCUT2D eigenvalue weighted by atomic mass is 9.87. The SMILES string of the molecule is CC(C)(C)[C@H](N)C(=O)NCCNC(=O)c1cccnc1. The molecular formula is C14H22N4O2. The van der Waals surface area contributed by atoms with Crippen LogP contribution in [0.1, 0.15) is 31.1 Å². The summed E-state index contributed by atoms with van der Waals surface area (Å²) in [6.45, 7) is 6.40. The zero-order valence-corrected chi connectivity index (χ0v) is 12.1. The van der Waals surface area contributed by atoms with Gasteiger partial charge in [0.2, 0.25) is 5.91 Å². The summed E-state index contributed by atoms with van der Waals surface area (Å²) in [4.78, 5) is 27.3. The first-order chi connectivity index (χ1) is 9.32. The molecule has 0 aliphatic heterocycles. The molecule has 0 saturated heterocycles. The van der Waals surface area contributed by atoms with E-state index in [1.807, 2.05) is 20.8 Å². The number of carbonyl (C=O) groups is 2. The second-order valence-electron chi connectivity index (χ2n) is 5.63. The van der Waals surface area contributed by atoms with E-state index in [0.717, 1.165) is 0 Å². The fourth-order valence-corrected chi connectivity index (χ4v) is 1.46. The van der Waals surface area contributed by atoms with Crippen LogP contribution in [0.4, 0.5) is 0 Å². The lowest BCUT2D eigenvalue weighted by molar-refractivity contribution is -0.124. The highest BCUT2D eigenvalue weighted by atomic mass is 16.2. The third-order valence-electron chi connectivity index (χ3n) is 2.85. The second kappa shape index (κ2) is 7.00. The predicted molar refractivity (Wildman–Crippen MR) is 77.0 cm³/mol. The van der Waals surface area contributed by atoms with Gasteiger partial charge in [-0.1, -0.05) is 20.8 Å². The Hall–Kier alpha value is -1.95. The molecule has 4 N–H and O–H groups in total. The highest BCUT2D eigenvalue weighted by Gasteiger charge is 2.26. The van der Waals surface area contributed by atoms with Crippen LogP contribution in [0.3, 0.4) is 0 Å². The van der Waals surface area contributed by atoms with Crippen molar-refractivity contribution >= 4 is 11.8 Å². The summed E-state index contributed by atoms with van der Waals surface area (Å²) in [5, 5.41) is 5.40.